The van der Waals surface area contributed by atoms with E-state index in [4.69, 9.17) is 19.9 Å². The molecule has 0 heterocycles. The van der Waals surface area contributed by atoms with Gasteiger partial charge >= 0.3 is 0 Å². The molecule has 1 aliphatic carbocycles. The number of aliphatic imine (C=N–C) groups is 2. The lowest BCUT2D eigenvalue weighted by atomic mass is 9.77. The third kappa shape index (κ3) is 7.53. The van der Waals surface area contributed by atoms with Gasteiger partial charge in [-0.3, -0.25) is 9.98 Å². The van der Waals surface area contributed by atoms with Crippen LogP contribution >= 0.6 is 0 Å². The zero-order valence-electron chi connectivity index (χ0n) is 25.4. The average molecular weight is 595 g/mol. The van der Waals surface area contributed by atoms with Gasteiger partial charge < -0.3 is 25.3 Å². The predicted octanol–water partition coefficient (Wildman–Crippen LogP) is 7.45. The van der Waals surface area contributed by atoms with Crippen molar-refractivity contribution in [3.8, 4) is 11.5 Å². The first-order valence-corrected chi connectivity index (χ1v) is 14.1. The van der Waals surface area contributed by atoms with Crippen LogP contribution in [0.2, 0.25) is 0 Å². The number of nitrogens with two attached hydrogens (primary N) is 1. The van der Waals surface area contributed by atoms with E-state index in [1.165, 1.54) is 19.2 Å². The van der Waals surface area contributed by atoms with Gasteiger partial charge in [0.25, 0.3) is 11.8 Å². The van der Waals surface area contributed by atoms with Crippen molar-refractivity contribution in [3.05, 3.63) is 47.0 Å². The third-order valence-electron chi connectivity index (χ3n) is 7.38. The van der Waals surface area contributed by atoms with Crippen molar-refractivity contribution >= 4 is 23.4 Å². The monoisotopic (exact) mass is 594 g/mol. The Labute approximate surface area is 245 Å². The molecule has 1 fully saturated rings. The number of benzene rings is 2. The van der Waals surface area contributed by atoms with Gasteiger partial charge in [0.1, 0.15) is 18.5 Å². The molecule has 0 bridgehead atoms. The number of rotatable bonds is 14. The van der Waals surface area contributed by atoms with Gasteiger partial charge in [-0.2, -0.15) is 0 Å². The number of hydrogen-bond acceptors (Lipinski definition) is 6. The van der Waals surface area contributed by atoms with Crippen molar-refractivity contribution in [2.45, 2.75) is 77.9 Å². The number of nitrogen functional groups attached to an aromatic ring is 1. The first-order chi connectivity index (χ1) is 19.7. The first-order valence-electron chi connectivity index (χ1n) is 14.1. The van der Waals surface area contributed by atoms with E-state index in [0.717, 1.165) is 0 Å². The molecule has 42 heavy (non-hydrogen) atoms. The number of nitrogens with one attached hydrogen (secondary N) is 1. The number of anilines is 1. The summed E-state index contributed by atoms with van der Waals surface area (Å²) in [6.07, 6.45) is 1.24. The van der Waals surface area contributed by atoms with E-state index in [1.54, 1.807) is 52.2 Å². The molecule has 0 aliphatic heterocycles. The number of amidine groups is 1. The average Bonchev–Trinajstić information content (AvgIpc) is 3.55. The number of nitrogens with zero attached hydrogens (tertiary/aromatic N) is 2. The van der Waals surface area contributed by atoms with Gasteiger partial charge in [-0.05, 0) is 50.1 Å². The minimum absolute atomic E-state index is 0.0188. The van der Waals surface area contributed by atoms with Crippen LogP contribution in [0.25, 0.3) is 0 Å². The van der Waals surface area contributed by atoms with E-state index in [2.05, 4.69) is 15.3 Å². The molecule has 1 unspecified atom stereocenters. The predicted molar refractivity (Wildman–Crippen MR) is 159 cm³/mol. The van der Waals surface area contributed by atoms with Crippen molar-refractivity contribution in [2.75, 3.05) is 33.1 Å². The summed E-state index contributed by atoms with van der Waals surface area (Å²) in [5.74, 6) is -4.72. The fraction of sp³-hybridized carbons (Fsp3) is 0.548. The Kier molecular flexibility index (Phi) is 10.5. The summed E-state index contributed by atoms with van der Waals surface area (Å²) in [5, 5.41) is 3.30. The Hall–Kier alpha value is -3.34. The van der Waals surface area contributed by atoms with Gasteiger partial charge in [0.15, 0.2) is 11.5 Å². The minimum atomic E-state index is -3.10. The van der Waals surface area contributed by atoms with Crippen LogP contribution in [-0.2, 0) is 10.7 Å². The number of methoxy groups -OCH3 is 1. The summed E-state index contributed by atoms with van der Waals surface area (Å²) in [6.45, 7) is 8.61. The fourth-order valence-corrected chi connectivity index (χ4v) is 4.80. The second kappa shape index (κ2) is 13.3. The summed E-state index contributed by atoms with van der Waals surface area (Å²) < 4.78 is 73.9. The molecule has 0 radical (unpaired) electrons. The second-order valence-corrected chi connectivity index (χ2v) is 11.1. The molecule has 232 valence electrons. The molecule has 2 aromatic rings. The lowest BCUT2D eigenvalue weighted by Gasteiger charge is -2.35. The van der Waals surface area contributed by atoms with Crippen LogP contribution in [0.4, 0.5) is 28.9 Å². The topological polar surface area (TPSA) is 90.5 Å². The van der Waals surface area contributed by atoms with Gasteiger partial charge in [0.2, 0.25) is 0 Å². The zero-order chi connectivity index (χ0) is 31.3. The van der Waals surface area contributed by atoms with E-state index in [9.17, 15) is 8.78 Å². The number of alkyl halides is 4. The second-order valence-electron chi connectivity index (χ2n) is 11.1. The molecule has 0 saturated heterocycles. The van der Waals surface area contributed by atoms with E-state index in [-0.39, 0.29) is 30.9 Å². The smallest absolute Gasteiger partial charge is 0.278 e. The molecule has 11 heteroatoms. The van der Waals surface area contributed by atoms with Gasteiger partial charge in [0, 0.05) is 48.0 Å². The van der Waals surface area contributed by atoms with Gasteiger partial charge in [-0.25, -0.2) is 17.6 Å². The van der Waals surface area contributed by atoms with Gasteiger partial charge in [-0.15, -0.1) is 0 Å². The summed E-state index contributed by atoms with van der Waals surface area (Å²) in [7, 11) is 3.07. The molecule has 3 rings (SSSR count). The van der Waals surface area contributed by atoms with Crippen LogP contribution < -0.4 is 20.5 Å². The van der Waals surface area contributed by atoms with Crippen molar-refractivity contribution in [2.24, 2.45) is 15.4 Å². The summed E-state index contributed by atoms with van der Waals surface area (Å²) in [5.41, 5.74) is 6.60. The molecule has 2 atom stereocenters. The Balaban J connectivity index is 1.88. The lowest BCUT2D eigenvalue weighted by molar-refractivity contribution is -0.117. The molecule has 0 amide bonds. The fourth-order valence-electron chi connectivity index (χ4n) is 4.80. The number of halogens is 4. The van der Waals surface area contributed by atoms with Gasteiger partial charge in [-0.1, -0.05) is 27.2 Å². The Bertz CT molecular complexity index is 1300. The normalized spacial score (nSPS) is 17.8. The van der Waals surface area contributed by atoms with Crippen LogP contribution in [-0.4, -0.2) is 51.4 Å². The highest BCUT2D eigenvalue weighted by Crippen LogP contribution is 2.48. The van der Waals surface area contributed by atoms with Crippen LogP contribution in [0.15, 0.2) is 40.3 Å². The zero-order valence-corrected chi connectivity index (χ0v) is 25.4. The van der Waals surface area contributed by atoms with Gasteiger partial charge in [0.05, 0.1) is 25.4 Å². The first kappa shape index (κ1) is 33.2. The highest BCUT2D eigenvalue weighted by atomic mass is 19.3. The van der Waals surface area contributed by atoms with Crippen LogP contribution in [0.5, 0.6) is 11.5 Å². The Morgan fingerprint density at radius 2 is 1.86 bits per heavy atom. The Morgan fingerprint density at radius 1 is 1.17 bits per heavy atom. The quantitative estimate of drug-likeness (QED) is 0.0780. The molecule has 1 aliphatic rings. The molecule has 1 saturated carbocycles. The maximum atomic E-state index is 15.6. The molecule has 3 N–H and O–H groups in total. The Morgan fingerprint density at radius 3 is 2.43 bits per heavy atom. The minimum Gasteiger partial charge on any atom is -0.493 e. The summed E-state index contributed by atoms with van der Waals surface area (Å²) >= 11 is 0. The van der Waals surface area contributed by atoms with Crippen LogP contribution in [0.3, 0.4) is 0 Å². The SMILES string of the molecule is C/C=N/c1cc(OC)c(OCCOC2CC2(F)F)cc1/C(=N\C)N[C@H](C)c1cc(N)cc(C(F)(F)C(C)(C)CCC)c1. The van der Waals surface area contributed by atoms with E-state index >= 15 is 8.78 Å². The maximum Gasteiger partial charge on any atom is 0.278 e. The van der Waals surface area contributed by atoms with Crippen molar-refractivity contribution < 1.29 is 31.8 Å². The van der Waals surface area contributed by atoms with Crippen LogP contribution in [0, 0.1) is 5.41 Å². The molecule has 0 spiro atoms. The van der Waals surface area contributed by atoms with Crippen molar-refractivity contribution in [1.82, 2.24) is 5.32 Å². The summed E-state index contributed by atoms with van der Waals surface area (Å²) in [4.78, 5) is 8.86. The summed E-state index contributed by atoms with van der Waals surface area (Å²) in [6, 6.07) is 7.37. The van der Waals surface area contributed by atoms with Crippen LogP contribution in [0.1, 0.15) is 76.6 Å². The number of hydrogen-bond donors (Lipinski definition) is 2. The van der Waals surface area contributed by atoms with E-state index < -0.39 is 29.4 Å². The van der Waals surface area contributed by atoms with E-state index in [0.29, 0.717) is 47.0 Å². The lowest BCUT2D eigenvalue weighted by Crippen LogP contribution is -2.34. The van der Waals surface area contributed by atoms with E-state index in [1.807, 2.05) is 13.8 Å². The molecular formula is C31H42F4N4O3. The van der Waals surface area contributed by atoms with Crippen molar-refractivity contribution in [3.63, 3.8) is 0 Å². The standard InChI is InChI=1S/C31H42F4N4O3/c1-8-10-29(4,5)31(34,35)21-13-20(14-22(36)15-21)19(3)39-28(37-6)23-16-26(25(40-7)17-24(23)38-9-2)41-11-12-42-27-18-30(27,32)33/h9,13-17,19,27H,8,10-12,18,36H2,1-7H3,(H,37,39)/b38-9+/t19-,27?/m1/s1. The number of ether oxygens (including phenoxy) is 3. The highest BCUT2D eigenvalue weighted by molar-refractivity contribution is 6.04. The molecule has 2 aromatic carbocycles. The maximum absolute atomic E-state index is 15.6. The highest BCUT2D eigenvalue weighted by Gasteiger charge is 2.58. The molecular weight excluding hydrogens is 552 g/mol. The third-order valence-corrected chi connectivity index (χ3v) is 7.38. The largest absolute Gasteiger partial charge is 0.493 e. The molecule has 7 nitrogen and oxygen atoms in total. The molecule has 0 aromatic heterocycles. The van der Waals surface area contributed by atoms with Crippen molar-refractivity contribution in [1.29, 1.82) is 0 Å².